The van der Waals surface area contributed by atoms with Gasteiger partial charge in [0.05, 0.1) is 5.60 Å². The maximum absolute atomic E-state index is 5.90. The maximum atomic E-state index is 5.90. The third-order valence-electron chi connectivity index (χ3n) is 6.34. The van der Waals surface area contributed by atoms with Crippen LogP contribution in [0.2, 0.25) is 0 Å². The van der Waals surface area contributed by atoms with Crippen LogP contribution in [0.15, 0.2) is 0 Å². The Morgan fingerprint density at radius 2 is 1.45 bits per heavy atom. The molecule has 0 aliphatic heterocycles. The lowest BCUT2D eigenvalue weighted by Crippen LogP contribution is -2.38. The van der Waals surface area contributed by atoms with E-state index in [9.17, 15) is 0 Å². The van der Waals surface area contributed by atoms with Crippen LogP contribution in [0.4, 0.5) is 0 Å². The summed E-state index contributed by atoms with van der Waals surface area (Å²) in [4.78, 5) is 0. The number of methoxy groups -OCH3 is 1. The zero-order chi connectivity index (χ0) is 14.4. The van der Waals surface area contributed by atoms with E-state index in [4.69, 9.17) is 4.74 Å². The van der Waals surface area contributed by atoms with Crippen LogP contribution in [-0.2, 0) is 4.74 Å². The average Bonchev–Trinajstić information content (AvgIpc) is 2.50. The number of rotatable bonds is 6. The second kappa shape index (κ2) is 7.82. The Bertz CT molecular complexity index is 257. The number of hydrogen-bond donors (Lipinski definition) is 0. The topological polar surface area (TPSA) is 9.23 Å². The van der Waals surface area contributed by atoms with Crippen LogP contribution in [0, 0.1) is 17.8 Å². The molecule has 0 atom stereocenters. The van der Waals surface area contributed by atoms with Crippen molar-refractivity contribution in [3.05, 3.63) is 0 Å². The Kier molecular flexibility index (Phi) is 6.39. The average molecular weight is 280 g/mol. The zero-order valence-corrected chi connectivity index (χ0v) is 14.1. The van der Waals surface area contributed by atoms with Crippen molar-refractivity contribution < 1.29 is 4.74 Å². The summed E-state index contributed by atoms with van der Waals surface area (Å²) in [5.41, 5.74) is 0.241. The smallest absolute Gasteiger partial charge is 0.0678 e. The summed E-state index contributed by atoms with van der Waals surface area (Å²) in [6.07, 6.45) is 16.9. The largest absolute Gasteiger partial charge is 0.378 e. The fraction of sp³-hybridized carbons (Fsp3) is 1.00. The first kappa shape index (κ1) is 16.3. The molecule has 0 amide bonds. The van der Waals surface area contributed by atoms with Gasteiger partial charge in [0, 0.05) is 7.11 Å². The standard InChI is InChI=1S/C19H36O/c1-4-6-16-7-9-17(10-8-16)18-11-14-19(20-3,13-5-2)15-12-18/h16-18H,4-15H2,1-3H3/t16?,17?,18-,19+. The fourth-order valence-electron chi connectivity index (χ4n) is 5.01. The Balaban J connectivity index is 1.77. The lowest BCUT2D eigenvalue weighted by molar-refractivity contribution is -0.0629. The molecule has 0 saturated heterocycles. The van der Waals surface area contributed by atoms with Crippen LogP contribution in [0.5, 0.6) is 0 Å². The molecule has 118 valence electrons. The number of ether oxygens (including phenoxy) is 1. The minimum absolute atomic E-state index is 0.241. The summed E-state index contributed by atoms with van der Waals surface area (Å²) in [6, 6.07) is 0. The van der Waals surface area contributed by atoms with Crippen LogP contribution in [0.3, 0.4) is 0 Å². The SMILES string of the molecule is CCCC1CCC([C@H]2CC[C@@](CCC)(OC)CC2)CC1. The van der Waals surface area contributed by atoms with Gasteiger partial charge in [0.25, 0.3) is 0 Å². The molecule has 1 nitrogen and oxygen atoms in total. The van der Waals surface area contributed by atoms with Crippen LogP contribution in [0.1, 0.15) is 90.9 Å². The Morgan fingerprint density at radius 3 is 1.95 bits per heavy atom. The molecule has 0 N–H and O–H groups in total. The Morgan fingerprint density at radius 1 is 0.850 bits per heavy atom. The number of hydrogen-bond acceptors (Lipinski definition) is 1. The summed E-state index contributed by atoms with van der Waals surface area (Å²) in [5, 5.41) is 0. The molecule has 0 unspecified atom stereocenters. The first-order chi connectivity index (χ1) is 9.73. The molecule has 0 aromatic carbocycles. The van der Waals surface area contributed by atoms with Crippen LogP contribution in [-0.4, -0.2) is 12.7 Å². The van der Waals surface area contributed by atoms with Crippen LogP contribution >= 0.6 is 0 Å². The Hall–Kier alpha value is -0.0400. The van der Waals surface area contributed by atoms with E-state index in [0.29, 0.717) is 0 Å². The van der Waals surface area contributed by atoms with E-state index in [2.05, 4.69) is 13.8 Å². The van der Waals surface area contributed by atoms with Gasteiger partial charge < -0.3 is 4.74 Å². The molecule has 0 bridgehead atoms. The van der Waals surface area contributed by atoms with Crippen molar-refractivity contribution in [3.63, 3.8) is 0 Å². The minimum Gasteiger partial charge on any atom is -0.378 e. The van der Waals surface area contributed by atoms with E-state index < -0.39 is 0 Å². The van der Waals surface area contributed by atoms with Gasteiger partial charge in [0.2, 0.25) is 0 Å². The second-order valence-electron chi connectivity index (χ2n) is 7.54. The molecule has 0 spiro atoms. The highest BCUT2D eigenvalue weighted by Crippen LogP contribution is 2.45. The third kappa shape index (κ3) is 4.00. The van der Waals surface area contributed by atoms with E-state index in [1.54, 1.807) is 0 Å². The van der Waals surface area contributed by atoms with Crippen molar-refractivity contribution >= 4 is 0 Å². The van der Waals surface area contributed by atoms with Crippen molar-refractivity contribution in [2.24, 2.45) is 17.8 Å². The van der Waals surface area contributed by atoms with Crippen molar-refractivity contribution in [2.45, 2.75) is 96.5 Å². The Labute approximate surface area is 126 Å². The van der Waals surface area contributed by atoms with Gasteiger partial charge in [-0.25, -0.2) is 0 Å². The summed E-state index contributed by atoms with van der Waals surface area (Å²) >= 11 is 0. The molecular weight excluding hydrogens is 244 g/mol. The van der Waals surface area contributed by atoms with Crippen LogP contribution in [0.25, 0.3) is 0 Å². The molecule has 2 saturated carbocycles. The molecule has 20 heavy (non-hydrogen) atoms. The predicted molar refractivity (Wildman–Crippen MR) is 87.0 cm³/mol. The van der Waals surface area contributed by atoms with E-state index in [1.807, 2.05) is 7.11 Å². The molecule has 2 aliphatic rings. The minimum atomic E-state index is 0.241. The summed E-state index contributed by atoms with van der Waals surface area (Å²) in [7, 11) is 1.94. The van der Waals surface area contributed by atoms with Gasteiger partial charge in [-0.05, 0) is 62.7 Å². The second-order valence-corrected chi connectivity index (χ2v) is 7.54. The van der Waals surface area contributed by atoms with Crippen molar-refractivity contribution in [2.75, 3.05) is 7.11 Å². The third-order valence-corrected chi connectivity index (χ3v) is 6.34. The van der Waals surface area contributed by atoms with E-state index in [1.165, 1.54) is 77.0 Å². The van der Waals surface area contributed by atoms with Gasteiger partial charge in [0.15, 0.2) is 0 Å². The van der Waals surface area contributed by atoms with E-state index >= 15 is 0 Å². The molecule has 0 aromatic heterocycles. The fourth-order valence-corrected chi connectivity index (χ4v) is 5.01. The van der Waals surface area contributed by atoms with Gasteiger partial charge >= 0.3 is 0 Å². The van der Waals surface area contributed by atoms with Gasteiger partial charge in [-0.3, -0.25) is 0 Å². The van der Waals surface area contributed by atoms with Crippen molar-refractivity contribution in [3.8, 4) is 0 Å². The van der Waals surface area contributed by atoms with Crippen molar-refractivity contribution in [1.29, 1.82) is 0 Å². The molecule has 2 aliphatic carbocycles. The van der Waals surface area contributed by atoms with Gasteiger partial charge in [-0.1, -0.05) is 46.0 Å². The molecule has 2 rings (SSSR count). The normalized spacial score (nSPS) is 38.9. The van der Waals surface area contributed by atoms with Crippen molar-refractivity contribution in [1.82, 2.24) is 0 Å². The van der Waals surface area contributed by atoms with Gasteiger partial charge in [-0.15, -0.1) is 0 Å². The van der Waals surface area contributed by atoms with Crippen LogP contribution < -0.4 is 0 Å². The van der Waals surface area contributed by atoms with Gasteiger partial charge in [0.1, 0.15) is 0 Å². The van der Waals surface area contributed by atoms with E-state index in [-0.39, 0.29) is 5.60 Å². The highest BCUT2D eigenvalue weighted by Gasteiger charge is 2.37. The molecule has 0 heterocycles. The van der Waals surface area contributed by atoms with E-state index in [0.717, 1.165) is 17.8 Å². The molecule has 1 heteroatoms. The molecular formula is C19H36O. The summed E-state index contributed by atoms with van der Waals surface area (Å²) < 4.78 is 5.90. The summed E-state index contributed by atoms with van der Waals surface area (Å²) in [5.74, 6) is 3.11. The lowest BCUT2D eigenvalue weighted by atomic mass is 9.67. The molecule has 0 aromatic rings. The predicted octanol–water partition coefficient (Wildman–Crippen LogP) is 5.97. The zero-order valence-electron chi connectivity index (χ0n) is 14.1. The highest BCUT2D eigenvalue weighted by atomic mass is 16.5. The maximum Gasteiger partial charge on any atom is 0.0678 e. The monoisotopic (exact) mass is 280 g/mol. The molecule has 2 fully saturated rings. The van der Waals surface area contributed by atoms with Gasteiger partial charge in [-0.2, -0.15) is 0 Å². The first-order valence-electron chi connectivity index (χ1n) is 9.28. The molecule has 0 radical (unpaired) electrons. The quantitative estimate of drug-likeness (QED) is 0.582. The summed E-state index contributed by atoms with van der Waals surface area (Å²) in [6.45, 7) is 4.63. The first-order valence-corrected chi connectivity index (χ1v) is 9.28. The lowest BCUT2D eigenvalue weighted by Gasteiger charge is -2.43. The highest BCUT2D eigenvalue weighted by molar-refractivity contribution is 4.89.